The van der Waals surface area contributed by atoms with Crippen LogP contribution in [0.15, 0.2) is 22.6 Å². The highest BCUT2D eigenvalue weighted by Gasteiger charge is 2.17. The fourth-order valence-electron chi connectivity index (χ4n) is 1.58. The van der Waals surface area contributed by atoms with Crippen molar-refractivity contribution in [2.45, 2.75) is 0 Å². The summed E-state index contributed by atoms with van der Waals surface area (Å²) in [5, 5.41) is 0.528. The van der Waals surface area contributed by atoms with E-state index in [1.807, 2.05) is 0 Å². The van der Waals surface area contributed by atoms with Crippen LogP contribution in [-0.4, -0.2) is 26.5 Å². The first-order valence-corrected chi connectivity index (χ1v) is 4.85. The van der Waals surface area contributed by atoms with Crippen LogP contribution in [0.25, 0.3) is 11.0 Å². The standard InChI is InChI=1S/C12H10O5/c1-15-9-4-3-7(6-13)8-5-10(12(14)16-2)17-11(8)9/h3-6H,1-2H3. The summed E-state index contributed by atoms with van der Waals surface area (Å²) < 4.78 is 15.0. The molecule has 1 heterocycles. The first-order chi connectivity index (χ1) is 8.21. The van der Waals surface area contributed by atoms with Gasteiger partial charge in [-0.2, -0.15) is 0 Å². The summed E-state index contributed by atoms with van der Waals surface area (Å²) in [6.07, 6.45) is 0.693. The lowest BCUT2D eigenvalue weighted by Crippen LogP contribution is -1.98. The Morgan fingerprint density at radius 3 is 2.71 bits per heavy atom. The molecule has 0 aliphatic rings. The predicted molar refractivity (Wildman–Crippen MR) is 59.5 cm³/mol. The number of rotatable bonds is 3. The van der Waals surface area contributed by atoms with Gasteiger partial charge in [0.15, 0.2) is 17.6 Å². The van der Waals surface area contributed by atoms with Gasteiger partial charge in [-0.3, -0.25) is 4.79 Å². The van der Waals surface area contributed by atoms with Gasteiger partial charge in [0, 0.05) is 17.0 Å². The van der Waals surface area contributed by atoms with Crippen molar-refractivity contribution in [3.8, 4) is 5.75 Å². The van der Waals surface area contributed by atoms with E-state index >= 15 is 0 Å². The topological polar surface area (TPSA) is 65.7 Å². The third kappa shape index (κ3) is 1.75. The van der Waals surface area contributed by atoms with Gasteiger partial charge in [-0.15, -0.1) is 0 Å². The van der Waals surface area contributed by atoms with E-state index in [1.54, 1.807) is 12.1 Å². The van der Waals surface area contributed by atoms with Crippen molar-refractivity contribution in [2.75, 3.05) is 14.2 Å². The first-order valence-electron chi connectivity index (χ1n) is 4.85. The molecule has 5 nitrogen and oxygen atoms in total. The summed E-state index contributed by atoms with van der Waals surface area (Å²) in [6.45, 7) is 0. The molecule has 1 aromatic heterocycles. The number of fused-ring (bicyclic) bond motifs is 1. The molecule has 2 aromatic rings. The zero-order valence-corrected chi connectivity index (χ0v) is 9.35. The van der Waals surface area contributed by atoms with Crippen molar-refractivity contribution < 1.29 is 23.5 Å². The number of methoxy groups -OCH3 is 2. The van der Waals surface area contributed by atoms with Crippen LogP contribution in [0.4, 0.5) is 0 Å². The molecule has 0 unspecified atom stereocenters. The van der Waals surface area contributed by atoms with Crippen molar-refractivity contribution in [3.63, 3.8) is 0 Å². The zero-order valence-electron chi connectivity index (χ0n) is 9.35. The number of carbonyl (C=O) groups excluding carboxylic acids is 2. The molecular formula is C12H10O5. The van der Waals surface area contributed by atoms with Crippen LogP contribution in [0.1, 0.15) is 20.9 Å². The Kier molecular flexibility index (Phi) is 2.82. The minimum atomic E-state index is -0.597. The van der Waals surface area contributed by atoms with Crippen molar-refractivity contribution in [2.24, 2.45) is 0 Å². The average Bonchev–Trinajstić information content (AvgIpc) is 2.81. The van der Waals surface area contributed by atoms with Gasteiger partial charge in [0.25, 0.3) is 0 Å². The molecule has 0 aliphatic heterocycles. The highest BCUT2D eigenvalue weighted by atomic mass is 16.5. The van der Waals surface area contributed by atoms with Crippen molar-refractivity contribution in [1.82, 2.24) is 0 Å². The third-order valence-electron chi connectivity index (χ3n) is 2.41. The number of aldehydes is 1. The highest BCUT2D eigenvalue weighted by molar-refractivity contribution is 6.02. The molecule has 17 heavy (non-hydrogen) atoms. The molecule has 0 atom stereocenters. The maximum absolute atomic E-state index is 11.3. The molecule has 0 aliphatic carbocycles. The van der Waals surface area contributed by atoms with Crippen LogP contribution < -0.4 is 4.74 Å². The smallest absolute Gasteiger partial charge is 0.373 e. The highest BCUT2D eigenvalue weighted by Crippen LogP contribution is 2.31. The monoisotopic (exact) mass is 234 g/mol. The van der Waals surface area contributed by atoms with E-state index in [4.69, 9.17) is 9.15 Å². The second-order valence-corrected chi connectivity index (χ2v) is 3.32. The molecule has 0 radical (unpaired) electrons. The number of furan rings is 1. The molecule has 0 saturated carbocycles. The van der Waals surface area contributed by atoms with Crippen molar-refractivity contribution in [1.29, 1.82) is 0 Å². The van der Waals surface area contributed by atoms with Crippen LogP contribution in [0, 0.1) is 0 Å². The lowest BCUT2D eigenvalue weighted by molar-refractivity contribution is 0.0567. The van der Waals surface area contributed by atoms with Gasteiger partial charge in [0.05, 0.1) is 14.2 Å². The van der Waals surface area contributed by atoms with Crippen LogP contribution >= 0.6 is 0 Å². The Labute approximate surface area is 96.9 Å². The van der Waals surface area contributed by atoms with Gasteiger partial charge in [-0.25, -0.2) is 4.79 Å². The number of benzene rings is 1. The predicted octanol–water partition coefficient (Wildman–Crippen LogP) is 2.04. The lowest BCUT2D eigenvalue weighted by atomic mass is 10.1. The summed E-state index contributed by atoms with van der Waals surface area (Å²) in [7, 11) is 2.74. The van der Waals surface area contributed by atoms with E-state index in [1.165, 1.54) is 20.3 Å². The average molecular weight is 234 g/mol. The van der Waals surface area contributed by atoms with E-state index in [0.717, 1.165) is 0 Å². The fourth-order valence-corrected chi connectivity index (χ4v) is 1.58. The minimum absolute atomic E-state index is 0.0371. The van der Waals surface area contributed by atoms with E-state index in [9.17, 15) is 9.59 Å². The summed E-state index contributed by atoms with van der Waals surface area (Å²) >= 11 is 0. The molecule has 0 N–H and O–H groups in total. The van der Waals surface area contributed by atoms with Gasteiger partial charge in [0.2, 0.25) is 5.76 Å². The maximum atomic E-state index is 11.3. The Morgan fingerprint density at radius 2 is 2.12 bits per heavy atom. The second-order valence-electron chi connectivity index (χ2n) is 3.32. The zero-order chi connectivity index (χ0) is 12.4. The van der Waals surface area contributed by atoms with Gasteiger partial charge < -0.3 is 13.9 Å². The van der Waals surface area contributed by atoms with Crippen LogP contribution in [0.2, 0.25) is 0 Å². The molecule has 0 fully saturated rings. The lowest BCUT2D eigenvalue weighted by Gasteiger charge is -2.00. The molecule has 5 heteroatoms. The molecule has 2 rings (SSSR count). The number of hydrogen-bond donors (Lipinski definition) is 0. The van der Waals surface area contributed by atoms with Crippen molar-refractivity contribution >= 4 is 23.2 Å². The molecule has 0 bridgehead atoms. The SMILES string of the molecule is COC(=O)c1cc2c(C=O)ccc(OC)c2o1. The summed E-state index contributed by atoms with van der Waals surface area (Å²) in [5.41, 5.74) is 0.789. The van der Waals surface area contributed by atoms with E-state index in [0.29, 0.717) is 28.6 Å². The van der Waals surface area contributed by atoms with E-state index < -0.39 is 5.97 Å². The molecule has 0 spiro atoms. The largest absolute Gasteiger partial charge is 0.493 e. The quantitative estimate of drug-likeness (QED) is 0.600. The Morgan fingerprint density at radius 1 is 1.35 bits per heavy atom. The van der Waals surface area contributed by atoms with Gasteiger partial charge in [-0.05, 0) is 12.1 Å². The number of esters is 1. The van der Waals surface area contributed by atoms with Crippen LogP contribution in [-0.2, 0) is 4.74 Å². The Hall–Kier alpha value is -2.30. The second kappa shape index (κ2) is 4.29. The maximum Gasteiger partial charge on any atom is 0.373 e. The van der Waals surface area contributed by atoms with Crippen molar-refractivity contribution in [3.05, 3.63) is 29.5 Å². The number of carbonyl (C=O) groups is 2. The van der Waals surface area contributed by atoms with Crippen LogP contribution in [0.5, 0.6) is 5.75 Å². The molecule has 1 aromatic carbocycles. The molecule has 88 valence electrons. The number of hydrogen-bond acceptors (Lipinski definition) is 5. The minimum Gasteiger partial charge on any atom is -0.493 e. The molecule has 0 amide bonds. The summed E-state index contributed by atoms with van der Waals surface area (Å²) in [5.74, 6) is -0.101. The van der Waals surface area contributed by atoms with Gasteiger partial charge in [-0.1, -0.05) is 0 Å². The van der Waals surface area contributed by atoms with E-state index in [2.05, 4.69) is 4.74 Å². The Bertz CT molecular complexity index is 582. The Balaban J connectivity index is 2.72. The summed E-state index contributed by atoms with van der Waals surface area (Å²) in [4.78, 5) is 22.2. The first kappa shape index (κ1) is 11.2. The molecule has 0 saturated heterocycles. The van der Waals surface area contributed by atoms with Gasteiger partial charge >= 0.3 is 5.97 Å². The third-order valence-corrected chi connectivity index (χ3v) is 2.41. The molecular weight excluding hydrogens is 224 g/mol. The van der Waals surface area contributed by atoms with Crippen LogP contribution in [0.3, 0.4) is 0 Å². The normalized spacial score (nSPS) is 10.2. The summed E-state index contributed by atoms with van der Waals surface area (Å²) in [6, 6.07) is 4.68. The van der Waals surface area contributed by atoms with Gasteiger partial charge in [0.1, 0.15) is 0 Å². The van der Waals surface area contributed by atoms with E-state index in [-0.39, 0.29) is 5.76 Å². The number of ether oxygens (including phenoxy) is 2. The fraction of sp³-hybridized carbons (Fsp3) is 0.167.